The Morgan fingerprint density at radius 3 is 2.29 bits per heavy atom. The second-order valence-corrected chi connectivity index (χ2v) is 6.77. The van der Waals surface area contributed by atoms with Crippen LogP contribution in [0.4, 0.5) is 5.69 Å². The van der Waals surface area contributed by atoms with Crippen molar-refractivity contribution >= 4 is 23.3 Å². The third-order valence-electron chi connectivity index (χ3n) is 5.14. The highest BCUT2D eigenvalue weighted by Gasteiger charge is 2.29. The van der Waals surface area contributed by atoms with E-state index in [2.05, 4.69) is 4.90 Å². The van der Waals surface area contributed by atoms with Crippen LogP contribution >= 0.6 is 11.6 Å². The zero-order valence-corrected chi connectivity index (χ0v) is 13.0. The molecule has 2 fully saturated rings. The first-order valence-electron chi connectivity index (χ1n) is 7.93. The molecule has 1 aliphatic heterocycles. The average Bonchev–Trinajstić information content (AvgIpc) is 2.70. The first-order chi connectivity index (χ1) is 10.1. The molecule has 1 saturated carbocycles. The van der Waals surface area contributed by atoms with Gasteiger partial charge in [0.2, 0.25) is 0 Å². The van der Waals surface area contributed by atoms with Crippen LogP contribution in [-0.4, -0.2) is 24.2 Å². The third kappa shape index (κ3) is 3.18. The van der Waals surface area contributed by atoms with Crippen LogP contribution in [0.3, 0.4) is 0 Å². The largest absolute Gasteiger partial charge is 0.478 e. The summed E-state index contributed by atoms with van der Waals surface area (Å²) in [5.41, 5.74) is 1.15. The Morgan fingerprint density at radius 1 is 1.10 bits per heavy atom. The minimum absolute atomic E-state index is 0.326. The fraction of sp³-hybridized carbons (Fsp3) is 0.588. The van der Waals surface area contributed by atoms with Crippen molar-refractivity contribution in [3.8, 4) is 0 Å². The Labute approximate surface area is 130 Å². The number of carbonyl (C=O) groups is 1. The van der Waals surface area contributed by atoms with Gasteiger partial charge in [-0.15, -0.1) is 0 Å². The van der Waals surface area contributed by atoms with Gasteiger partial charge in [0.05, 0.1) is 11.3 Å². The summed E-state index contributed by atoms with van der Waals surface area (Å²) in [5, 5.41) is 9.90. The van der Waals surface area contributed by atoms with Crippen LogP contribution in [0.2, 0.25) is 5.02 Å². The highest BCUT2D eigenvalue weighted by Crippen LogP contribution is 2.38. The standard InChI is InChI=1S/C17H22ClNO2/c18-14-5-6-16(15(11-14)17(20)21)19-9-7-12-3-1-2-4-13(12)8-10-19/h5-6,11-13H,1-4,7-10H2,(H,20,21). The van der Waals surface area contributed by atoms with Gasteiger partial charge in [-0.25, -0.2) is 4.79 Å². The lowest BCUT2D eigenvalue weighted by Crippen LogP contribution is -2.26. The summed E-state index contributed by atoms with van der Waals surface area (Å²) < 4.78 is 0. The zero-order chi connectivity index (χ0) is 14.8. The number of carboxylic acids is 1. The minimum Gasteiger partial charge on any atom is -0.478 e. The van der Waals surface area contributed by atoms with Crippen LogP contribution in [-0.2, 0) is 0 Å². The van der Waals surface area contributed by atoms with Gasteiger partial charge in [0, 0.05) is 18.1 Å². The Balaban J connectivity index is 1.82. The van der Waals surface area contributed by atoms with E-state index >= 15 is 0 Å². The summed E-state index contributed by atoms with van der Waals surface area (Å²) in [6, 6.07) is 5.22. The summed E-state index contributed by atoms with van der Waals surface area (Å²) in [6.45, 7) is 1.92. The molecule has 1 N–H and O–H groups in total. The average molecular weight is 308 g/mol. The number of anilines is 1. The molecule has 1 heterocycles. The molecule has 21 heavy (non-hydrogen) atoms. The van der Waals surface area contributed by atoms with Crippen LogP contribution in [0.25, 0.3) is 0 Å². The van der Waals surface area contributed by atoms with Crippen LogP contribution < -0.4 is 4.90 Å². The Kier molecular flexibility index (Phi) is 4.39. The first kappa shape index (κ1) is 14.7. The smallest absolute Gasteiger partial charge is 0.337 e. The van der Waals surface area contributed by atoms with E-state index in [0.29, 0.717) is 10.6 Å². The molecule has 3 rings (SSSR count). The quantitative estimate of drug-likeness (QED) is 0.878. The topological polar surface area (TPSA) is 40.5 Å². The molecule has 3 nitrogen and oxygen atoms in total. The van der Waals surface area contributed by atoms with Gasteiger partial charge >= 0.3 is 5.97 Å². The SMILES string of the molecule is O=C(O)c1cc(Cl)ccc1N1CCC2CCCCC2CC1. The minimum atomic E-state index is -0.894. The van der Waals surface area contributed by atoms with E-state index in [4.69, 9.17) is 11.6 Å². The molecule has 114 valence electrons. The Bertz CT molecular complexity index is 516. The number of rotatable bonds is 2. The van der Waals surface area contributed by atoms with E-state index in [-0.39, 0.29) is 0 Å². The monoisotopic (exact) mass is 307 g/mol. The molecule has 0 bridgehead atoms. The maximum absolute atomic E-state index is 11.5. The lowest BCUT2D eigenvalue weighted by molar-refractivity contribution is 0.0697. The number of carboxylic acid groups (broad SMARTS) is 1. The van der Waals surface area contributed by atoms with Crippen molar-refractivity contribution in [2.75, 3.05) is 18.0 Å². The maximum Gasteiger partial charge on any atom is 0.337 e. The molecule has 1 aromatic carbocycles. The first-order valence-corrected chi connectivity index (χ1v) is 8.31. The van der Waals surface area contributed by atoms with Gasteiger partial charge in [-0.2, -0.15) is 0 Å². The van der Waals surface area contributed by atoms with E-state index < -0.39 is 5.97 Å². The number of nitrogens with zero attached hydrogens (tertiary/aromatic N) is 1. The van der Waals surface area contributed by atoms with Gasteiger partial charge in [-0.3, -0.25) is 0 Å². The molecule has 0 radical (unpaired) electrons. The number of hydrogen-bond donors (Lipinski definition) is 1. The lowest BCUT2D eigenvalue weighted by atomic mass is 9.77. The van der Waals surface area contributed by atoms with Crippen molar-refractivity contribution in [3.63, 3.8) is 0 Å². The predicted octanol–water partition coefficient (Wildman–Crippen LogP) is 4.44. The second kappa shape index (κ2) is 6.27. The van der Waals surface area contributed by atoms with Crippen molar-refractivity contribution in [2.45, 2.75) is 38.5 Å². The van der Waals surface area contributed by atoms with Crippen LogP contribution in [0.15, 0.2) is 18.2 Å². The molecule has 0 aromatic heterocycles. The summed E-state index contributed by atoms with van der Waals surface area (Å²) in [6.07, 6.45) is 7.81. The molecule has 1 aliphatic carbocycles. The molecule has 0 amide bonds. The molecule has 2 aliphatic rings. The maximum atomic E-state index is 11.5. The number of fused-ring (bicyclic) bond motifs is 1. The molecule has 1 aromatic rings. The molecule has 2 unspecified atom stereocenters. The van der Waals surface area contributed by atoms with Gasteiger partial charge in [-0.05, 0) is 42.9 Å². The van der Waals surface area contributed by atoms with Gasteiger partial charge in [0.25, 0.3) is 0 Å². The van der Waals surface area contributed by atoms with Crippen molar-refractivity contribution < 1.29 is 9.90 Å². The summed E-state index contributed by atoms with van der Waals surface area (Å²) >= 11 is 5.95. The van der Waals surface area contributed by atoms with Crippen LogP contribution in [0, 0.1) is 11.8 Å². The normalized spacial score (nSPS) is 26.0. The summed E-state index contributed by atoms with van der Waals surface area (Å²) in [4.78, 5) is 13.7. The van der Waals surface area contributed by atoms with Gasteiger partial charge in [0.1, 0.15) is 0 Å². The van der Waals surface area contributed by atoms with E-state index in [1.807, 2.05) is 6.07 Å². The number of aromatic carboxylic acids is 1. The van der Waals surface area contributed by atoms with E-state index in [1.165, 1.54) is 38.5 Å². The summed E-state index contributed by atoms with van der Waals surface area (Å²) in [7, 11) is 0. The Hall–Kier alpha value is -1.22. The number of hydrogen-bond acceptors (Lipinski definition) is 2. The van der Waals surface area contributed by atoms with Crippen molar-refractivity contribution in [3.05, 3.63) is 28.8 Å². The fourth-order valence-electron chi connectivity index (χ4n) is 4.00. The van der Waals surface area contributed by atoms with Crippen molar-refractivity contribution in [1.29, 1.82) is 0 Å². The van der Waals surface area contributed by atoms with Crippen LogP contribution in [0.1, 0.15) is 48.9 Å². The number of benzene rings is 1. The molecule has 1 saturated heterocycles. The third-order valence-corrected chi connectivity index (χ3v) is 5.37. The van der Waals surface area contributed by atoms with Crippen molar-refractivity contribution in [2.24, 2.45) is 11.8 Å². The molecule has 2 atom stereocenters. The highest BCUT2D eigenvalue weighted by atomic mass is 35.5. The van der Waals surface area contributed by atoms with Crippen LogP contribution in [0.5, 0.6) is 0 Å². The fourth-order valence-corrected chi connectivity index (χ4v) is 4.17. The second-order valence-electron chi connectivity index (χ2n) is 6.34. The summed E-state index contributed by atoms with van der Waals surface area (Å²) in [5.74, 6) is 0.780. The molecule has 4 heteroatoms. The lowest BCUT2D eigenvalue weighted by Gasteiger charge is -2.29. The Morgan fingerprint density at radius 2 is 1.71 bits per heavy atom. The highest BCUT2D eigenvalue weighted by molar-refractivity contribution is 6.31. The molecule has 0 spiro atoms. The van der Waals surface area contributed by atoms with Gasteiger partial charge in [0.15, 0.2) is 0 Å². The molecular weight excluding hydrogens is 286 g/mol. The van der Waals surface area contributed by atoms with E-state index in [9.17, 15) is 9.90 Å². The van der Waals surface area contributed by atoms with Gasteiger partial charge in [-0.1, -0.05) is 37.3 Å². The van der Waals surface area contributed by atoms with E-state index in [1.54, 1.807) is 12.1 Å². The van der Waals surface area contributed by atoms with Crippen molar-refractivity contribution in [1.82, 2.24) is 0 Å². The van der Waals surface area contributed by atoms with E-state index in [0.717, 1.165) is 30.6 Å². The van der Waals surface area contributed by atoms with Gasteiger partial charge < -0.3 is 10.0 Å². The number of halogens is 1. The predicted molar refractivity (Wildman–Crippen MR) is 85.3 cm³/mol. The molecular formula is C17H22ClNO2. The zero-order valence-electron chi connectivity index (χ0n) is 12.2.